The maximum Gasteiger partial charge on any atom is 0.290 e. The summed E-state index contributed by atoms with van der Waals surface area (Å²) in [6, 6.07) is 7.02. The molecule has 5 nitrogen and oxygen atoms in total. The van der Waals surface area contributed by atoms with Crippen LogP contribution in [0.3, 0.4) is 0 Å². The normalized spacial score (nSPS) is 18.8. The average molecular weight is 281 g/mol. The number of carbonyl (C=O) groups excluding carboxylic acids is 3. The number of benzene rings is 1. The Morgan fingerprint density at radius 1 is 1.37 bits per heavy atom. The second-order valence-corrected chi connectivity index (χ2v) is 4.88. The van der Waals surface area contributed by atoms with Gasteiger partial charge in [0.05, 0.1) is 0 Å². The van der Waals surface area contributed by atoms with Gasteiger partial charge in [-0.3, -0.25) is 14.4 Å². The lowest BCUT2D eigenvalue weighted by molar-refractivity contribution is -0.142. The lowest BCUT2D eigenvalue weighted by atomic mass is 10.1. The number of halogens is 1. The van der Waals surface area contributed by atoms with Gasteiger partial charge in [-0.25, -0.2) is 0 Å². The molecule has 1 N–H and O–H groups in total. The van der Waals surface area contributed by atoms with Crippen molar-refractivity contribution in [3.63, 3.8) is 0 Å². The van der Waals surface area contributed by atoms with Crippen LogP contribution in [-0.2, 0) is 20.9 Å². The van der Waals surface area contributed by atoms with E-state index in [-0.39, 0.29) is 6.54 Å². The molecular weight excluding hydrogens is 268 g/mol. The minimum absolute atomic E-state index is 0.143. The van der Waals surface area contributed by atoms with Gasteiger partial charge in [0.1, 0.15) is 5.92 Å². The van der Waals surface area contributed by atoms with Crippen molar-refractivity contribution < 1.29 is 14.4 Å². The Balaban J connectivity index is 1.93. The van der Waals surface area contributed by atoms with E-state index in [0.717, 1.165) is 5.56 Å². The van der Waals surface area contributed by atoms with Crippen molar-refractivity contribution in [2.45, 2.75) is 6.54 Å². The topological polar surface area (TPSA) is 66.5 Å². The van der Waals surface area contributed by atoms with Crippen LogP contribution in [0.15, 0.2) is 24.3 Å². The largest absolute Gasteiger partial charge is 0.351 e. The average Bonchev–Trinajstić information content (AvgIpc) is 2.65. The molecule has 1 atom stereocenters. The highest BCUT2D eigenvalue weighted by Crippen LogP contribution is 2.13. The molecule has 1 saturated heterocycles. The highest BCUT2D eigenvalue weighted by Gasteiger charge is 2.41. The lowest BCUT2D eigenvalue weighted by Crippen LogP contribution is -2.35. The van der Waals surface area contributed by atoms with Crippen LogP contribution in [0.5, 0.6) is 0 Å². The van der Waals surface area contributed by atoms with Crippen LogP contribution in [0.25, 0.3) is 0 Å². The molecule has 0 aliphatic carbocycles. The molecule has 6 heteroatoms. The summed E-state index contributed by atoms with van der Waals surface area (Å²) in [5, 5.41) is 3.27. The van der Waals surface area contributed by atoms with Crippen molar-refractivity contribution in [1.29, 1.82) is 0 Å². The van der Waals surface area contributed by atoms with Gasteiger partial charge in [0.15, 0.2) is 0 Å². The number of hydrogen-bond donors (Lipinski definition) is 1. The van der Waals surface area contributed by atoms with Gasteiger partial charge in [0, 0.05) is 25.2 Å². The lowest BCUT2D eigenvalue weighted by Gasteiger charge is -2.09. The number of Topliss-reactive ketones (excluding diaryl/α,β-unsaturated/α-hetero) is 1. The van der Waals surface area contributed by atoms with Crippen LogP contribution >= 0.6 is 11.6 Å². The van der Waals surface area contributed by atoms with Gasteiger partial charge >= 0.3 is 0 Å². The number of amides is 2. The fourth-order valence-electron chi connectivity index (χ4n) is 1.89. The number of likely N-dealkylation sites (tertiary alicyclic amines) is 1. The van der Waals surface area contributed by atoms with Gasteiger partial charge in [0.2, 0.25) is 11.7 Å². The Hall–Kier alpha value is -1.88. The van der Waals surface area contributed by atoms with Crippen molar-refractivity contribution in [1.82, 2.24) is 10.2 Å². The quantitative estimate of drug-likeness (QED) is 0.652. The highest BCUT2D eigenvalue weighted by atomic mass is 35.5. The van der Waals surface area contributed by atoms with E-state index in [9.17, 15) is 14.4 Å². The highest BCUT2D eigenvalue weighted by molar-refractivity contribution is 6.42. The summed E-state index contributed by atoms with van der Waals surface area (Å²) < 4.78 is 0. The van der Waals surface area contributed by atoms with E-state index in [4.69, 9.17) is 11.6 Å². The first-order valence-corrected chi connectivity index (χ1v) is 6.18. The van der Waals surface area contributed by atoms with Crippen molar-refractivity contribution in [2.75, 3.05) is 13.6 Å². The molecule has 1 aliphatic heterocycles. The predicted molar refractivity (Wildman–Crippen MR) is 69.4 cm³/mol. The molecule has 0 aromatic heterocycles. The summed E-state index contributed by atoms with van der Waals surface area (Å²) >= 11 is 5.75. The van der Waals surface area contributed by atoms with Crippen molar-refractivity contribution in [2.24, 2.45) is 5.92 Å². The predicted octanol–water partition coefficient (Wildman–Crippen LogP) is 0.613. The minimum atomic E-state index is -0.898. The first kappa shape index (κ1) is 13.5. The number of nitrogens with zero attached hydrogens (tertiary/aromatic N) is 1. The van der Waals surface area contributed by atoms with E-state index in [1.165, 1.54) is 11.9 Å². The van der Waals surface area contributed by atoms with E-state index < -0.39 is 23.5 Å². The molecule has 100 valence electrons. The Bertz CT molecular complexity index is 527. The molecule has 0 bridgehead atoms. The van der Waals surface area contributed by atoms with Crippen molar-refractivity contribution in [3.05, 3.63) is 34.9 Å². The second kappa shape index (κ2) is 5.40. The Morgan fingerprint density at radius 2 is 2.00 bits per heavy atom. The summed E-state index contributed by atoms with van der Waals surface area (Å²) in [6.45, 7) is 0.446. The summed E-state index contributed by atoms with van der Waals surface area (Å²) in [5.74, 6) is -2.56. The van der Waals surface area contributed by atoms with Crippen LogP contribution in [0.2, 0.25) is 5.02 Å². The van der Waals surface area contributed by atoms with Crippen LogP contribution in [0, 0.1) is 5.92 Å². The molecule has 1 fully saturated rings. The summed E-state index contributed by atoms with van der Waals surface area (Å²) in [7, 11) is 1.51. The fraction of sp³-hybridized carbons (Fsp3) is 0.308. The third kappa shape index (κ3) is 2.93. The summed E-state index contributed by atoms with van der Waals surface area (Å²) in [5.41, 5.74) is 0.878. The summed E-state index contributed by atoms with van der Waals surface area (Å²) in [6.07, 6.45) is 0. The molecule has 1 aromatic carbocycles. The molecule has 2 amide bonds. The molecule has 1 aliphatic rings. The third-order valence-corrected chi connectivity index (χ3v) is 3.28. The molecular formula is C13H13ClN2O3. The Kier molecular flexibility index (Phi) is 3.85. The third-order valence-electron chi connectivity index (χ3n) is 3.03. The first-order valence-electron chi connectivity index (χ1n) is 5.80. The monoisotopic (exact) mass is 280 g/mol. The smallest absolute Gasteiger partial charge is 0.290 e. The Morgan fingerprint density at radius 3 is 2.53 bits per heavy atom. The maximum absolute atomic E-state index is 11.9. The zero-order valence-electron chi connectivity index (χ0n) is 10.4. The van der Waals surface area contributed by atoms with Gasteiger partial charge in [-0.05, 0) is 17.7 Å². The van der Waals surface area contributed by atoms with Crippen LogP contribution in [0.4, 0.5) is 0 Å². The van der Waals surface area contributed by atoms with Crippen LogP contribution < -0.4 is 5.32 Å². The molecule has 0 radical (unpaired) electrons. The number of likely N-dealkylation sites (N-methyl/N-ethyl adjacent to an activating group) is 1. The SMILES string of the molecule is CN1CC(C(=O)NCc2ccc(Cl)cc2)C(=O)C1=O. The zero-order chi connectivity index (χ0) is 14.0. The molecule has 1 unspecified atom stereocenters. The van der Waals surface area contributed by atoms with Gasteiger partial charge in [-0.1, -0.05) is 23.7 Å². The number of carbonyl (C=O) groups is 3. The van der Waals surface area contributed by atoms with E-state index >= 15 is 0 Å². The number of ketones is 1. The van der Waals surface area contributed by atoms with Crippen molar-refractivity contribution in [3.8, 4) is 0 Å². The number of hydrogen-bond acceptors (Lipinski definition) is 3. The molecule has 0 spiro atoms. The van der Waals surface area contributed by atoms with E-state index in [0.29, 0.717) is 11.6 Å². The standard InChI is InChI=1S/C13H13ClN2O3/c1-16-7-10(11(17)13(16)19)12(18)15-6-8-2-4-9(14)5-3-8/h2-5,10H,6-7H2,1H3,(H,15,18). The first-order chi connectivity index (χ1) is 8.99. The van der Waals surface area contributed by atoms with E-state index in [1.807, 2.05) is 0 Å². The van der Waals surface area contributed by atoms with E-state index in [2.05, 4.69) is 5.32 Å². The molecule has 1 aromatic rings. The van der Waals surface area contributed by atoms with Gasteiger partial charge in [-0.2, -0.15) is 0 Å². The van der Waals surface area contributed by atoms with Crippen LogP contribution in [-0.4, -0.2) is 36.1 Å². The molecule has 1 heterocycles. The maximum atomic E-state index is 11.9. The fourth-order valence-corrected chi connectivity index (χ4v) is 2.02. The van der Waals surface area contributed by atoms with Crippen LogP contribution in [0.1, 0.15) is 5.56 Å². The van der Waals surface area contributed by atoms with Gasteiger partial charge in [0.25, 0.3) is 5.91 Å². The molecule has 2 rings (SSSR count). The van der Waals surface area contributed by atoms with Crippen molar-refractivity contribution >= 4 is 29.2 Å². The molecule has 0 saturated carbocycles. The van der Waals surface area contributed by atoms with Gasteiger partial charge < -0.3 is 10.2 Å². The van der Waals surface area contributed by atoms with E-state index in [1.54, 1.807) is 24.3 Å². The Labute approximate surface area is 115 Å². The minimum Gasteiger partial charge on any atom is -0.351 e. The number of nitrogens with one attached hydrogen (secondary N) is 1. The number of rotatable bonds is 3. The zero-order valence-corrected chi connectivity index (χ0v) is 11.1. The van der Waals surface area contributed by atoms with Gasteiger partial charge in [-0.15, -0.1) is 0 Å². The second-order valence-electron chi connectivity index (χ2n) is 4.45. The summed E-state index contributed by atoms with van der Waals surface area (Å²) in [4.78, 5) is 36.0. The molecule has 19 heavy (non-hydrogen) atoms.